The van der Waals surface area contributed by atoms with E-state index in [-0.39, 0.29) is 12.5 Å². The van der Waals surface area contributed by atoms with Crippen LogP contribution in [0.25, 0.3) is 0 Å². The monoisotopic (exact) mass is 284 g/mol. The molecule has 0 saturated heterocycles. The summed E-state index contributed by atoms with van der Waals surface area (Å²) in [7, 11) is 1.61. The summed E-state index contributed by atoms with van der Waals surface area (Å²) in [4.78, 5) is 11.8. The number of methoxy groups -OCH3 is 1. The maximum Gasteiger partial charge on any atom is 0.238 e. The number of amides is 1. The number of hydrogen-bond donors (Lipinski definition) is 2. The molecular formula is C17H20N2O2. The molecule has 2 aromatic rings. The molecule has 2 aromatic carbocycles. The first-order valence-electron chi connectivity index (χ1n) is 6.87. The quantitative estimate of drug-likeness (QED) is 0.857. The maximum absolute atomic E-state index is 11.8. The van der Waals surface area contributed by atoms with Gasteiger partial charge < -0.3 is 15.4 Å². The minimum atomic E-state index is -0.0622. The number of rotatable bonds is 6. The molecule has 2 N–H and O–H groups in total. The van der Waals surface area contributed by atoms with Crippen molar-refractivity contribution in [3.05, 3.63) is 59.7 Å². The third-order valence-corrected chi connectivity index (χ3v) is 3.07. The van der Waals surface area contributed by atoms with E-state index in [0.29, 0.717) is 6.54 Å². The Morgan fingerprint density at radius 2 is 1.90 bits per heavy atom. The van der Waals surface area contributed by atoms with E-state index in [1.54, 1.807) is 7.11 Å². The zero-order valence-corrected chi connectivity index (χ0v) is 12.3. The normalized spacial score (nSPS) is 10.2. The molecule has 0 aliphatic rings. The van der Waals surface area contributed by atoms with Crippen LogP contribution in [0.3, 0.4) is 0 Å². The van der Waals surface area contributed by atoms with Crippen LogP contribution in [0.2, 0.25) is 0 Å². The van der Waals surface area contributed by atoms with Gasteiger partial charge in [0.15, 0.2) is 0 Å². The SMILES string of the molecule is COc1ccc(NC(=O)CNCc2cccc(C)c2)cc1. The number of carbonyl (C=O) groups excluding carboxylic acids is 1. The van der Waals surface area contributed by atoms with Gasteiger partial charge in [-0.1, -0.05) is 29.8 Å². The Kier molecular flexibility index (Phi) is 5.35. The van der Waals surface area contributed by atoms with E-state index >= 15 is 0 Å². The first-order valence-corrected chi connectivity index (χ1v) is 6.87. The van der Waals surface area contributed by atoms with Gasteiger partial charge in [-0.15, -0.1) is 0 Å². The van der Waals surface area contributed by atoms with Crippen molar-refractivity contribution >= 4 is 11.6 Å². The fourth-order valence-corrected chi connectivity index (χ4v) is 2.02. The number of ether oxygens (including phenoxy) is 1. The van der Waals surface area contributed by atoms with E-state index in [4.69, 9.17) is 4.74 Å². The van der Waals surface area contributed by atoms with Crippen LogP contribution in [0, 0.1) is 6.92 Å². The molecule has 0 saturated carbocycles. The molecule has 0 atom stereocenters. The Morgan fingerprint density at radius 1 is 1.14 bits per heavy atom. The highest BCUT2D eigenvalue weighted by molar-refractivity contribution is 5.92. The highest BCUT2D eigenvalue weighted by Crippen LogP contribution is 2.14. The van der Waals surface area contributed by atoms with E-state index < -0.39 is 0 Å². The van der Waals surface area contributed by atoms with Crippen LogP contribution in [0.1, 0.15) is 11.1 Å². The van der Waals surface area contributed by atoms with Gasteiger partial charge in [-0.2, -0.15) is 0 Å². The minimum absolute atomic E-state index is 0.0622. The zero-order valence-electron chi connectivity index (χ0n) is 12.3. The topological polar surface area (TPSA) is 50.4 Å². The van der Waals surface area contributed by atoms with Gasteiger partial charge in [0.05, 0.1) is 13.7 Å². The van der Waals surface area contributed by atoms with Gasteiger partial charge in [-0.05, 0) is 36.8 Å². The molecule has 0 spiro atoms. The third kappa shape index (κ3) is 4.93. The third-order valence-electron chi connectivity index (χ3n) is 3.07. The second-order valence-corrected chi connectivity index (χ2v) is 4.87. The van der Waals surface area contributed by atoms with E-state index in [9.17, 15) is 4.79 Å². The first-order chi connectivity index (χ1) is 10.2. The Labute approximate surface area is 125 Å². The molecule has 0 aromatic heterocycles. The van der Waals surface area contributed by atoms with Crippen molar-refractivity contribution in [3.8, 4) is 5.75 Å². The predicted molar refractivity (Wildman–Crippen MR) is 84.5 cm³/mol. The van der Waals surface area contributed by atoms with Crippen LogP contribution in [-0.2, 0) is 11.3 Å². The molecule has 0 aliphatic carbocycles. The average molecular weight is 284 g/mol. The van der Waals surface area contributed by atoms with Gasteiger partial charge in [0.1, 0.15) is 5.75 Å². The molecule has 21 heavy (non-hydrogen) atoms. The number of hydrogen-bond acceptors (Lipinski definition) is 3. The summed E-state index contributed by atoms with van der Waals surface area (Å²) < 4.78 is 5.07. The van der Waals surface area contributed by atoms with Crippen molar-refractivity contribution in [1.82, 2.24) is 5.32 Å². The Balaban J connectivity index is 1.76. The lowest BCUT2D eigenvalue weighted by Crippen LogP contribution is -2.27. The zero-order chi connectivity index (χ0) is 15.1. The number of carbonyl (C=O) groups is 1. The van der Waals surface area contributed by atoms with Crippen LogP contribution < -0.4 is 15.4 Å². The van der Waals surface area contributed by atoms with Crippen LogP contribution >= 0.6 is 0 Å². The second kappa shape index (κ2) is 7.45. The summed E-state index contributed by atoms with van der Waals surface area (Å²) in [6.07, 6.45) is 0. The molecule has 0 unspecified atom stereocenters. The van der Waals surface area contributed by atoms with Gasteiger partial charge in [0, 0.05) is 12.2 Å². The minimum Gasteiger partial charge on any atom is -0.497 e. The number of aryl methyl sites for hydroxylation is 1. The summed E-state index contributed by atoms with van der Waals surface area (Å²) in [6.45, 7) is 3.01. The largest absolute Gasteiger partial charge is 0.497 e. The number of benzene rings is 2. The van der Waals surface area contributed by atoms with Gasteiger partial charge in [-0.3, -0.25) is 4.79 Å². The van der Waals surface area contributed by atoms with Gasteiger partial charge in [0.2, 0.25) is 5.91 Å². The Bertz CT molecular complexity index is 594. The highest BCUT2D eigenvalue weighted by Gasteiger charge is 2.02. The highest BCUT2D eigenvalue weighted by atomic mass is 16.5. The summed E-state index contributed by atoms with van der Waals surface area (Å²) >= 11 is 0. The average Bonchev–Trinajstić information content (AvgIpc) is 2.48. The summed E-state index contributed by atoms with van der Waals surface area (Å²) in [5.74, 6) is 0.707. The molecule has 0 bridgehead atoms. The summed E-state index contributed by atoms with van der Waals surface area (Å²) in [6, 6.07) is 15.5. The van der Waals surface area contributed by atoms with E-state index in [1.807, 2.05) is 36.4 Å². The van der Waals surface area contributed by atoms with Crippen LogP contribution in [0.15, 0.2) is 48.5 Å². The lowest BCUT2D eigenvalue weighted by atomic mass is 10.1. The maximum atomic E-state index is 11.8. The standard InChI is InChI=1S/C17H20N2O2/c1-13-4-3-5-14(10-13)11-18-12-17(20)19-15-6-8-16(21-2)9-7-15/h3-10,18H,11-12H2,1-2H3,(H,19,20). The van der Waals surface area contributed by atoms with Crippen molar-refractivity contribution in [2.45, 2.75) is 13.5 Å². The lowest BCUT2D eigenvalue weighted by molar-refractivity contribution is -0.115. The van der Waals surface area contributed by atoms with Crippen LogP contribution in [0.4, 0.5) is 5.69 Å². The molecule has 2 rings (SSSR count). The van der Waals surface area contributed by atoms with Gasteiger partial charge in [0.25, 0.3) is 0 Å². The smallest absolute Gasteiger partial charge is 0.238 e. The van der Waals surface area contributed by atoms with Crippen molar-refractivity contribution in [1.29, 1.82) is 0 Å². The number of anilines is 1. The van der Waals surface area contributed by atoms with Crippen molar-refractivity contribution < 1.29 is 9.53 Å². The second-order valence-electron chi connectivity index (χ2n) is 4.87. The summed E-state index contributed by atoms with van der Waals surface area (Å²) in [5, 5.41) is 5.97. The fraction of sp³-hybridized carbons (Fsp3) is 0.235. The predicted octanol–water partition coefficient (Wildman–Crippen LogP) is 2.73. The number of nitrogens with one attached hydrogen (secondary N) is 2. The Hall–Kier alpha value is -2.33. The summed E-state index contributed by atoms with van der Waals surface area (Å²) in [5.41, 5.74) is 3.15. The lowest BCUT2D eigenvalue weighted by Gasteiger charge is -2.08. The first kappa shape index (κ1) is 15.1. The van der Waals surface area contributed by atoms with Crippen molar-refractivity contribution in [3.63, 3.8) is 0 Å². The van der Waals surface area contributed by atoms with Crippen molar-refractivity contribution in [2.75, 3.05) is 19.0 Å². The molecule has 4 nitrogen and oxygen atoms in total. The van der Waals surface area contributed by atoms with E-state index in [0.717, 1.165) is 11.4 Å². The van der Waals surface area contributed by atoms with Crippen LogP contribution in [0.5, 0.6) is 5.75 Å². The molecule has 110 valence electrons. The van der Waals surface area contributed by atoms with Gasteiger partial charge in [-0.25, -0.2) is 0 Å². The molecule has 0 heterocycles. The van der Waals surface area contributed by atoms with E-state index in [1.165, 1.54) is 11.1 Å². The molecule has 0 fully saturated rings. The molecule has 4 heteroatoms. The molecule has 0 aliphatic heterocycles. The Morgan fingerprint density at radius 3 is 2.57 bits per heavy atom. The van der Waals surface area contributed by atoms with Crippen molar-refractivity contribution in [2.24, 2.45) is 0 Å². The molecular weight excluding hydrogens is 264 g/mol. The fourth-order valence-electron chi connectivity index (χ4n) is 2.02. The molecule has 0 radical (unpaired) electrons. The van der Waals surface area contributed by atoms with Crippen LogP contribution in [-0.4, -0.2) is 19.6 Å². The van der Waals surface area contributed by atoms with E-state index in [2.05, 4.69) is 29.7 Å². The molecule has 1 amide bonds. The van der Waals surface area contributed by atoms with Gasteiger partial charge >= 0.3 is 0 Å².